The number of ether oxygens (including phenoxy) is 1. The fourth-order valence-corrected chi connectivity index (χ4v) is 7.03. The number of carbonyl (C=O) groups is 1. The topological polar surface area (TPSA) is 54.5 Å². The third-order valence-corrected chi connectivity index (χ3v) is 9.70. The lowest BCUT2D eigenvalue weighted by molar-refractivity contribution is 0.0601. The SMILES string of the molecule is COC(=O)c1cccc(NC(=S)N2CCC(c3nc(-c4ccc5c(c4)C(C)(C)CCC5(C)C)cs3)CC2)c1. The number of anilines is 1. The van der Waals surface area contributed by atoms with E-state index in [2.05, 4.69) is 61.5 Å². The molecule has 38 heavy (non-hydrogen) atoms. The first-order valence-electron chi connectivity index (χ1n) is 13.4. The van der Waals surface area contributed by atoms with Gasteiger partial charge in [0.25, 0.3) is 0 Å². The zero-order chi connectivity index (χ0) is 27.1. The molecule has 1 aliphatic carbocycles. The summed E-state index contributed by atoms with van der Waals surface area (Å²) >= 11 is 7.47. The van der Waals surface area contributed by atoms with E-state index >= 15 is 0 Å². The molecule has 5 rings (SSSR count). The molecule has 0 spiro atoms. The summed E-state index contributed by atoms with van der Waals surface area (Å²) in [6.07, 6.45) is 4.47. The number of aromatic nitrogens is 1. The molecule has 1 aliphatic heterocycles. The first-order chi connectivity index (χ1) is 18.1. The molecular weight excluding hydrogens is 510 g/mol. The van der Waals surface area contributed by atoms with Crippen molar-refractivity contribution >= 4 is 40.3 Å². The van der Waals surface area contributed by atoms with E-state index in [0.717, 1.165) is 37.3 Å². The Morgan fingerprint density at radius 3 is 2.47 bits per heavy atom. The Balaban J connectivity index is 1.23. The molecule has 0 radical (unpaired) electrons. The van der Waals surface area contributed by atoms with Crippen LogP contribution in [-0.4, -0.2) is 41.2 Å². The van der Waals surface area contributed by atoms with E-state index in [0.29, 0.717) is 16.6 Å². The van der Waals surface area contributed by atoms with Gasteiger partial charge in [0.15, 0.2) is 5.11 Å². The number of hydrogen-bond acceptors (Lipinski definition) is 5. The van der Waals surface area contributed by atoms with Gasteiger partial charge in [-0.3, -0.25) is 0 Å². The molecule has 1 aromatic heterocycles. The summed E-state index contributed by atoms with van der Waals surface area (Å²) in [4.78, 5) is 19.2. The number of thiocarbonyl (C=S) groups is 1. The van der Waals surface area contributed by atoms with Crippen molar-refractivity contribution in [1.82, 2.24) is 9.88 Å². The number of rotatable bonds is 4. The predicted octanol–water partition coefficient (Wildman–Crippen LogP) is 7.52. The molecule has 2 heterocycles. The quantitative estimate of drug-likeness (QED) is 0.269. The van der Waals surface area contributed by atoms with E-state index in [-0.39, 0.29) is 16.8 Å². The minimum Gasteiger partial charge on any atom is -0.465 e. The number of thiazole rings is 1. The summed E-state index contributed by atoms with van der Waals surface area (Å²) in [7, 11) is 1.39. The third kappa shape index (κ3) is 5.36. The number of nitrogens with one attached hydrogen (secondary N) is 1. The van der Waals surface area contributed by atoms with E-state index in [1.165, 1.54) is 41.6 Å². The van der Waals surface area contributed by atoms with Gasteiger partial charge in [-0.1, -0.05) is 45.9 Å². The van der Waals surface area contributed by atoms with Crippen molar-refractivity contribution in [1.29, 1.82) is 0 Å². The summed E-state index contributed by atoms with van der Waals surface area (Å²) in [6, 6.07) is 14.3. The van der Waals surface area contributed by atoms with Crippen molar-refractivity contribution in [3.63, 3.8) is 0 Å². The monoisotopic (exact) mass is 547 g/mol. The van der Waals surface area contributed by atoms with Crippen molar-refractivity contribution in [2.75, 3.05) is 25.5 Å². The van der Waals surface area contributed by atoms with Crippen molar-refractivity contribution in [2.45, 2.75) is 70.1 Å². The highest BCUT2D eigenvalue weighted by Gasteiger charge is 2.37. The molecule has 0 saturated carbocycles. The summed E-state index contributed by atoms with van der Waals surface area (Å²) in [5, 5.41) is 7.42. The van der Waals surface area contributed by atoms with Crippen LogP contribution in [0, 0.1) is 0 Å². The maximum Gasteiger partial charge on any atom is 0.337 e. The highest BCUT2D eigenvalue weighted by atomic mass is 32.1. The summed E-state index contributed by atoms with van der Waals surface area (Å²) < 4.78 is 4.82. The molecule has 0 amide bonds. The number of carbonyl (C=O) groups excluding carboxylic acids is 1. The van der Waals surface area contributed by atoms with E-state index in [4.69, 9.17) is 21.9 Å². The van der Waals surface area contributed by atoms with Crippen LogP contribution in [0.4, 0.5) is 5.69 Å². The van der Waals surface area contributed by atoms with Crippen molar-refractivity contribution in [3.8, 4) is 11.3 Å². The van der Waals surface area contributed by atoms with Crippen LogP contribution in [0.2, 0.25) is 0 Å². The number of nitrogens with zero attached hydrogens (tertiary/aromatic N) is 2. The first-order valence-corrected chi connectivity index (χ1v) is 14.7. The fourth-order valence-electron chi connectivity index (χ4n) is 5.73. The maximum absolute atomic E-state index is 11.8. The second-order valence-corrected chi connectivity index (χ2v) is 13.1. The van der Waals surface area contributed by atoms with Gasteiger partial charge < -0.3 is 15.0 Å². The molecule has 3 aromatic rings. The number of likely N-dealkylation sites (tertiary alicyclic amines) is 1. The lowest BCUT2D eigenvalue weighted by Crippen LogP contribution is -2.40. The Bertz CT molecular complexity index is 1350. The van der Waals surface area contributed by atoms with Crippen molar-refractivity contribution < 1.29 is 9.53 Å². The van der Waals surface area contributed by atoms with Gasteiger partial charge in [-0.25, -0.2) is 9.78 Å². The van der Waals surface area contributed by atoms with E-state index in [9.17, 15) is 4.79 Å². The van der Waals surface area contributed by atoms with Crippen LogP contribution in [0.5, 0.6) is 0 Å². The molecule has 0 unspecified atom stereocenters. The lowest BCUT2D eigenvalue weighted by Gasteiger charge is -2.42. The van der Waals surface area contributed by atoms with Crippen molar-refractivity contribution in [2.24, 2.45) is 0 Å². The number of fused-ring (bicyclic) bond motifs is 1. The Kier molecular flexibility index (Phi) is 7.35. The molecule has 0 bridgehead atoms. The molecule has 0 atom stereocenters. The Hall–Kier alpha value is -2.77. The highest BCUT2D eigenvalue weighted by molar-refractivity contribution is 7.80. The minimum atomic E-state index is -0.355. The summed E-state index contributed by atoms with van der Waals surface area (Å²) in [5.41, 5.74) is 7.01. The lowest BCUT2D eigenvalue weighted by atomic mass is 9.63. The molecular formula is C31H37N3O2S2. The van der Waals surface area contributed by atoms with Gasteiger partial charge in [-0.2, -0.15) is 0 Å². The predicted molar refractivity (Wildman–Crippen MR) is 160 cm³/mol. The van der Waals surface area contributed by atoms with E-state index in [1.807, 2.05) is 12.1 Å². The molecule has 200 valence electrons. The van der Waals surface area contributed by atoms with Gasteiger partial charge in [0, 0.05) is 35.6 Å². The number of esters is 1. The van der Waals surface area contributed by atoms with Gasteiger partial charge >= 0.3 is 5.97 Å². The van der Waals surface area contributed by atoms with Gasteiger partial charge in [0.1, 0.15) is 0 Å². The van der Waals surface area contributed by atoms with Crippen LogP contribution in [0.1, 0.15) is 85.8 Å². The molecule has 7 heteroatoms. The zero-order valence-electron chi connectivity index (χ0n) is 23.0. The minimum absolute atomic E-state index is 0.194. The maximum atomic E-state index is 11.8. The van der Waals surface area contributed by atoms with Gasteiger partial charge in [0.05, 0.1) is 23.4 Å². The number of methoxy groups -OCH3 is 1. The smallest absolute Gasteiger partial charge is 0.337 e. The van der Waals surface area contributed by atoms with Crippen LogP contribution in [0.3, 0.4) is 0 Å². The average Bonchev–Trinajstić information content (AvgIpc) is 3.41. The highest BCUT2D eigenvalue weighted by Crippen LogP contribution is 2.47. The summed E-state index contributed by atoms with van der Waals surface area (Å²) in [5.74, 6) is 0.0922. The van der Waals surface area contributed by atoms with Crippen molar-refractivity contribution in [3.05, 3.63) is 69.5 Å². The summed E-state index contributed by atoms with van der Waals surface area (Å²) in [6.45, 7) is 11.2. The normalized spacial score (nSPS) is 18.5. The van der Waals surface area contributed by atoms with Crippen LogP contribution in [-0.2, 0) is 15.6 Å². The molecule has 2 aliphatic rings. The Morgan fingerprint density at radius 1 is 1.05 bits per heavy atom. The molecule has 1 N–H and O–H groups in total. The molecule has 1 fully saturated rings. The molecule has 5 nitrogen and oxygen atoms in total. The Morgan fingerprint density at radius 2 is 1.76 bits per heavy atom. The first kappa shape index (κ1) is 26.8. The standard InChI is InChI=1S/C31H37N3O2S2/c1-30(2)13-14-31(3,4)25-18-21(9-10-24(25)30)26-19-38-27(33-26)20-11-15-34(16-12-20)29(37)32-23-8-6-7-22(17-23)28(35)36-5/h6-10,17-20H,11-16H2,1-5H3,(H,32,37). The van der Waals surface area contributed by atoms with Gasteiger partial charge in [-0.15, -0.1) is 11.3 Å². The number of benzene rings is 2. The van der Waals surface area contributed by atoms with E-state index in [1.54, 1.807) is 23.5 Å². The number of piperidine rings is 1. The van der Waals surface area contributed by atoms with Gasteiger partial charge in [0.2, 0.25) is 0 Å². The van der Waals surface area contributed by atoms with Gasteiger partial charge in [-0.05, 0) is 84.1 Å². The van der Waals surface area contributed by atoms with E-state index < -0.39 is 0 Å². The largest absolute Gasteiger partial charge is 0.465 e. The van der Waals surface area contributed by atoms with Crippen LogP contribution < -0.4 is 5.32 Å². The second-order valence-electron chi connectivity index (χ2n) is 11.9. The van der Waals surface area contributed by atoms with Crippen LogP contribution in [0.15, 0.2) is 47.8 Å². The zero-order valence-corrected chi connectivity index (χ0v) is 24.6. The fraction of sp³-hybridized carbons (Fsp3) is 0.452. The Labute approximate surface area is 235 Å². The van der Waals surface area contributed by atoms with Crippen LogP contribution >= 0.6 is 23.6 Å². The molecule has 2 aromatic carbocycles. The average molecular weight is 548 g/mol. The van der Waals surface area contributed by atoms with Crippen LogP contribution in [0.25, 0.3) is 11.3 Å². The molecule has 1 saturated heterocycles. The number of hydrogen-bond donors (Lipinski definition) is 1. The third-order valence-electron chi connectivity index (χ3n) is 8.34. The second kappa shape index (κ2) is 10.4.